The van der Waals surface area contributed by atoms with Crippen molar-refractivity contribution in [2.45, 2.75) is 26.7 Å². The summed E-state index contributed by atoms with van der Waals surface area (Å²) in [5.41, 5.74) is 0. The molecule has 3 nitrogen and oxygen atoms in total. The zero-order valence-electron chi connectivity index (χ0n) is 7.42. The maximum Gasteiger partial charge on any atom is 0.507 e. The van der Waals surface area contributed by atoms with E-state index in [9.17, 15) is 4.79 Å². The molecule has 11 heavy (non-hydrogen) atoms. The predicted octanol–water partition coefficient (Wildman–Crippen LogP) is 2.21. The molecule has 0 aromatic carbocycles. The Morgan fingerprint density at radius 1 is 1.36 bits per heavy atom. The highest BCUT2D eigenvalue weighted by Crippen LogP contribution is 2.07. The van der Waals surface area contributed by atoms with Gasteiger partial charge in [0.2, 0.25) is 0 Å². The molecular weight excluding hydrogens is 144 g/mol. The van der Waals surface area contributed by atoms with E-state index >= 15 is 0 Å². The molecule has 0 aliphatic heterocycles. The van der Waals surface area contributed by atoms with Crippen LogP contribution in [-0.2, 0) is 9.47 Å². The van der Waals surface area contributed by atoms with Crippen LogP contribution in [0.4, 0.5) is 4.79 Å². The number of hydrogen-bond acceptors (Lipinski definition) is 3. The summed E-state index contributed by atoms with van der Waals surface area (Å²) >= 11 is 0. The number of methoxy groups -OCH3 is 1. The maximum absolute atomic E-state index is 10.5. The monoisotopic (exact) mass is 160 g/mol. The number of carbonyl (C=O) groups is 1. The van der Waals surface area contributed by atoms with Gasteiger partial charge in [-0.15, -0.1) is 0 Å². The summed E-state index contributed by atoms with van der Waals surface area (Å²) in [5.74, 6) is 0.467. The van der Waals surface area contributed by atoms with Crippen molar-refractivity contribution in [2.75, 3.05) is 13.7 Å². The maximum atomic E-state index is 10.5. The van der Waals surface area contributed by atoms with E-state index in [0.29, 0.717) is 12.5 Å². The molecule has 0 saturated heterocycles. The molecule has 0 aromatic rings. The van der Waals surface area contributed by atoms with Crippen LogP contribution in [0.2, 0.25) is 0 Å². The fourth-order valence-electron chi connectivity index (χ4n) is 0.769. The van der Waals surface area contributed by atoms with Gasteiger partial charge in [-0.1, -0.05) is 26.7 Å². The molecule has 0 aliphatic carbocycles. The van der Waals surface area contributed by atoms with Crippen LogP contribution in [0, 0.1) is 5.92 Å². The summed E-state index contributed by atoms with van der Waals surface area (Å²) in [5, 5.41) is 0. The van der Waals surface area contributed by atoms with Crippen molar-refractivity contribution >= 4 is 6.16 Å². The molecule has 0 heterocycles. The van der Waals surface area contributed by atoms with E-state index in [1.54, 1.807) is 0 Å². The van der Waals surface area contributed by atoms with Crippen LogP contribution in [0.5, 0.6) is 0 Å². The predicted molar refractivity (Wildman–Crippen MR) is 42.4 cm³/mol. The van der Waals surface area contributed by atoms with Crippen LogP contribution < -0.4 is 0 Å². The standard InChI is InChI=1S/C8H16O3/c1-4-7(5-2)6-11-8(9)10-3/h7H,4-6H2,1-3H3. The molecular formula is C8H16O3. The normalized spacial score (nSPS) is 9.82. The Kier molecular flexibility index (Phi) is 5.61. The molecule has 0 N–H and O–H groups in total. The van der Waals surface area contributed by atoms with Gasteiger partial charge in [0, 0.05) is 0 Å². The lowest BCUT2D eigenvalue weighted by atomic mass is 10.1. The van der Waals surface area contributed by atoms with Crippen molar-refractivity contribution in [1.82, 2.24) is 0 Å². The van der Waals surface area contributed by atoms with Crippen LogP contribution in [-0.4, -0.2) is 19.9 Å². The average molecular weight is 160 g/mol. The smallest absolute Gasteiger partial charge is 0.438 e. The molecule has 3 heteroatoms. The Morgan fingerprint density at radius 2 is 1.91 bits per heavy atom. The summed E-state index contributed by atoms with van der Waals surface area (Å²) in [6.45, 7) is 4.63. The largest absolute Gasteiger partial charge is 0.507 e. The van der Waals surface area contributed by atoms with Gasteiger partial charge in [-0.2, -0.15) is 0 Å². The Bertz CT molecular complexity index is 108. The number of ether oxygens (including phenoxy) is 2. The van der Waals surface area contributed by atoms with Crippen LogP contribution in [0.25, 0.3) is 0 Å². The van der Waals surface area contributed by atoms with Gasteiger partial charge in [0.15, 0.2) is 0 Å². The minimum absolute atomic E-state index is 0.467. The molecule has 0 saturated carbocycles. The van der Waals surface area contributed by atoms with E-state index < -0.39 is 6.16 Å². The molecule has 0 fully saturated rings. The van der Waals surface area contributed by atoms with Crippen molar-refractivity contribution < 1.29 is 14.3 Å². The van der Waals surface area contributed by atoms with Crippen molar-refractivity contribution in [2.24, 2.45) is 5.92 Å². The Morgan fingerprint density at radius 3 is 2.27 bits per heavy atom. The first-order valence-corrected chi connectivity index (χ1v) is 3.95. The quantitative estimate of drug-likeness (QED) is 0.591. The lowest BCUT2D eigenvalue weighted by Gasteiger charge is -2.10. The second-order valence-electron chi connectivity index (χ2n) is 2.45. The Labute approximate surface area is 67.7 Å². The average Bonchev–Trinajstić information content (AvgIpc) is 2.06. The summed E-state index contributed by atoms with van der Waals surface area (Å²) in [6.07, 6.45) is 1.48. The van der Waals surface area contributed by atoms with Gasteiger partial charge >= 0.3 is 6.16 Å². The number of carbonyl (C=O) groups excluding carboxylic acids is 1. The fraction of sp³-hybridized carbons (Fsp3) is 0.875. The summed E-state index contributed by atoms with van der Waals surface area (Å²) in [7, 11) is 1.31. The molecule has 0 atom stereocenters. The Balaban J connectivity index is 3.42. The first-order chi connectivity index (χ1) is 5.24. The van der Waals surface area contributed by atoms with Gasteiger partial charge < -0.3 is 9.47 Å². The highest BCUT2D eigenvalue weighted by atomic mass is 16.7. The van der Waals surface area contributed by atoms with Crippen LogP contribution in [0.1, 0.15) is 26.7 Å². The molecule has 0 radical (unpaired) electrons. The summed E-state index contributed by atoms with van der Waals surface area (Å²) in [6, 6.07) is 0. The van der Waals surface area contributed by atoms with Gasteiger partial charge in [0.1, 0.15) is 0 Å². The second kappa shape index (κ2) is 6.01. The molecule has 0 spiro atoms. The van der Waals surface area contributed by atoms with Gasteiger partial charge in [-0.25, -0.2) is 4.79 Å². The third-order valence-corrected chi connectivity index (χ3v) is 1.76. The minimum Gasteiger partial charge on any atom is -0.438 e. The molecule has 0 aromatic heterocycles. The first-order valence-electron chi connectivity index (χ1n) is 3.95. The van der Waals surface area contributed by atoms with E-state index in [4.69, 9.17) is 4.74 Å². The van der Waals surface area contributed by atoms with Crippen LogP contribution >= 0.6 is 0 Å². The van der Waals surface area contributed by atoms with E-state index in [1.165, 1.54) is 7.11 Å². The van der Waals surface area contributed by atoms with Gasteiger partial charge in [0.25, 0.3) is 0 Å². The third kappa shape index (κ3) is 4.65. The second-order valence-corrected chi connectivity index (χ2v) is 2.45. The van der Waals surface area contributed by atoms with E-state index in [-0.39, 0.29) is 0 Å². The SMILES string of the molecule is CCC(CC)COC(=O)OC. The van der Waals surface area contributed by atoms with Crippen molar-refractivity contribution in [1.29, 1.82) is 0 Å². The van der Waals surface area contributed by atoms with Crippen LogP contribution in [0.3, 0.4) is 0 Å². The fourth-order valence-corrected chi connectivity index (χ4v) is 0.769. The van der Waals surface area contributed by atoms with E-state index in [0.717, 1.165) is 12.8 Å². The van der Waals surface area contributed by atoms with E-state index in [1.807, 2.05) is 0 Å². The van der Waals surface area contributed by atoms with Gasteiger partial charge in [0.05, 0.1) is 13.7 Å². The summed E-state index contributed by atoms with van der Waals surface area (Å²) < 4.78 is 9.10. The van der Waals surface area contributed by atoms with Crippen molar-refractivity contribution in [3.8, 4) is 0 Å². The number of rotatable bonds is 4. The molecule has 0 aliphatic rings. The molecule has 0 bridgehead atoms. The van der Waals surface area contributed by atoms with Crippen molar-refractivity contribution in [3.63, 3.8) is 0 Å². The van der Waals surface area contributed by atoms with Crippen molar-refractivity contribution in [3.05, 3.63) is 0 Å². The highest BCUT2D eigenvalue weighted by Gasteiger charge is 2.06. The Hall–Kier alpha value is -0.730. The molecule has 0 rings (SSSR count). The lowest BCUT2D eigenvalue weighted by molar-refractivity contribution is 0.0589. The molecule has 0 amide bonds. The lowest BCUT2D eigenvalue weighted by Crippen LogP contribution is -2.12. The summed E-state index contributed by atoms with van der Waals surface area (Å²) in [4.78, 5) is 10.5. The third-order valence-electron chi connectivity index (χ3n) is 1.76. The van der Waals surface area contributed by atoms with Gasteiger partial charge in [-0.3, -0.25) is 0 Å². The van der Waals surface area contributed by atoms with E-state index in [2.05, 4.69) is 18.6 Å². The molecule has 66 valence electrons. The highest BCUT2D eigenvalue weighted by molar-refractivity contribution is 5.59. The zero-order valence-corrected chi connectivity index (χ0v) is 7.42. The minimum atomic E-state index is -0.586. The zero-order chi connectivity index (χ0) is 8.69. The van der Waals surface area contributed by atoms with Crippen LogP contribution in [0.15, 0.2) is 0 Å². The number of hydrogen-bond donors (Lipinski definition) is 0. The van der Waals surface area contributed by atoms with Gasteiger partial charge in [-0.05, 0) is 5.92 Å². The molecule has 0 unspecified atom stereocenters. The topological polar surface area (TPSA) is 35.5 Å². The first kappa shape index (κ1) is 10.3.